The van der Waals surface area contributed by atoms with Crippen molar-refractivity contribution in [3.05, 3.63) is 29.3 Å². The molecule has 0 unspecified atom stereocenters. The summed E-state index contributed by atoms with van der Waals surface area (Å²) in [5, 5.41) is 0. The summed E-state index contributed by atoms with van der Waals surface area (Å²) in [6, 6.07) is 6.92. The van der Waals surface area contributed by atoms with Gasteiger partial charge in [-0.3, -0.25) is 4.90 Å². The quantitative estimate of drug-likeness (QED) is 0.888. The number of nitrogens with zero attached hydrogens (tertiary/aromatic N) is 1. The van der Waals surface area contributed by atoms with Crippen LogP contribution in [0.3, 0.4) is 0 Å². The van der Waals surface area contributed by atoms with Gasteiger partial charge in [0.15, 0.2) is 0 Å². The minimum absolute atomic E-state index is 0.401. The van der Waals surface area contributed by atoms with Gasteiger partial charge in [0.1, 0.15) is 5.75 Å². The Morgan fingerprint density at radius 1 is 1.33 bits per heavy atom. The minimum atomic E-state index is 0.401. The zero-order valence-electron chi connectivity index (χ0n) is 11.5. The van der Waals surface area contributed by atoms with Gasteiger partial charge in [-0.25, -0.2) is 0 Å². The topological polar surface area (TPSA) is 38.5 Å². The molecule has 2 rings (SSSR count). The fourth-order valence-electron chi connectivity index (χ4n) is 2.42. The molecule has 0 spiro atoms. The second-order valence-electron chi connectivity index (χ2n) is 5.15. The lowest BCUT2D eigenvalue weighted by Crippen LogP contribution is -2.39. The van der Waals surface area contributed by atoms with E-state index in [-0.39, 0.29) is 0 Å². The van der Waals surface area contributed by atoms with Gasteiger partial charge in [0.2, 0.25) is 0 Å². The number of aryl methyl sites for hydroxylation is 1. The zero-order chi connectivity index (χ0) is 13.0. The first-order valence-corrected chi connectivity index (χ1v) is 6.89. The molecule has 100 valence electrons. The molecule has 0 aromatic heterocycles. The molecule has 0 aliphatic carbocycles. The Morgan fingerprint density at radius 3 is 2.72 bits per heavy atom. The van der Waals surface area contributed by atoms with Gasteiger partial charge in [0.05, 0.1) is 6.61 Å². The van der Waals surface area contributed by atoms with Crippen molar-refractivity contribution in [1.82, 2.24) is 4.90 Å². The molecule has 0 amide bonds. The Hall–Kier alpha value is -1.06. The number of likely N-dealkylation sites (tertiary alicyclic amines) is 1. The van der Waals surface area contributed by atoms with Crippen LogP contribution >= 0.6 is 0 Å². The third-order valence-electron chi connectivity index (χ3n) is 3.59. The monoisotopic (exact) mass is 248 g/mol. The Labute approximate surface area is 110 Å². The number of hydrogen-bond donors (Lipinski definition) is 1. The maximum absolute atomic E-state index is 5.93. The second-order valence-corrected chi connectivity index (χ2v) is 5.15. The van der Waals surface area contributed by atoms with Crippen LogP contribution < -0.4 is 10.5 Å². The molecule has 1 saturated heterocycles. The average Bonchev–Trinajstić information content (AvgIpc) is 2.37. The first-order chi connectivity index (χ1) is 8.69. The van der Waals surface area contributed by atoms with Crippen molar-refractivity contribution in [3.8, 4) is 5.75 Å². The van der Waals surface area contributed by atoms with Crippen LogP contribution in [0.4, 0.5) is 0 Å². The van der Waals surface area contributed by atoms with Crippen LogP contribution in [-0.4, -0.2) is 30.6 Å². The maximum Gasteiger partial charge on any atom is 0.122 e. The molecule has 3 nitrogen and oxygen atoms in total. The number of piperidine rings is 1. The first-order valence-electron chi connectivity index (χ1n) is 6.89. The number of rotatable bonds is 4. The molecule has 1 fully saturated rings. The van der Waals surface area contributed by atoms with Gasteiger partial charge >= 0.3 is 0 Å². The number of ether oxygens (including phenoxy) is 1. The summed E-state index contributed by atoms with van der Waals surface area (Å²) in [6.45, 7) is 8.07. The molecule has 1 aliphatic rings. The molecule has 1 aromatic rings. The highest BCUT2D eigenvalue weighted by Gasteiger charge is 2.16. The van der Waals surface area contributed by atoms with Crippen LogP contribution in [-0.2, 0) is 6.54 Å². The summed E-state index contributed by atoms with van der Waals surface area (Å²) in [7, 11) is 0. The number of nitrogens with two attached hydrogens (primary N) is 1. The Balaban J connectivity index is 1.98. The van der Waals surface area contributed by atoms with Gasteiger partial charge in [-0.2, -0.15) is 0 Å². The van der Waals surface area contributed by atoms with E-state index in [1.807, 2.05) is 6.92 Å². The van der Waals surface area contributed by atoms with Crippen molar-refractivity contribution >= 4 is 0 Å². The molecule has 1 aromatic carbocycles. The van der Waals surface area contributed by atoms with E-state index in [1.54, 1.807) is 0 Å². The fraction of sp³-hybridized carbons (Fsp3) is 0.600. The van der Waals surface area contributed by atoms with Crippen LogP contribution in [0.15, 0.2) is 18.2 Å². The third-order valence-corrected chi connectivity index (χ3v) is 3.59. The highest BCUT2D eigenvalue weighted by Crippen LogP contribution is 2.21. The first kappa shape index (κ1) is 13.4. The van der Waals surface area contributed by atoms with Gasteiger partial charge in [-0.05, 0) is 57.0 Å². The lowest BCUT2D eigenvalue weighted by Gasteiger charge is -2.30. The van der Waals surface area contributed by atoms with E-state index < -0.39 is 0 Å². The molecule has 0 radical (unpaired) electrons. The average molecular weight is 248 g/mol. The molecule has 1 heterocycles. The summed E-state index contributed by atoms with van der Waals surface area (Å²) in [5.41, 5.74) is 8.47. The van der Waals surface area contributed by atoms with Crippen molar-refractivity contribution in [1.29, 1.82) is 0 Å². The standard InChI is InChI=1S/C15H24N2O/c1-3-18-15-10-13(5-4-12(15)2)11-17-8-6-14(16)7-9-17/h4-5,10,14H,3,6-9,11,16H2,1-2H3. The summed E-state index contributed by atoms with van der Waals surface area (Å²) >= 11 is 0. The highest BCUT2D eigenvalue weighted by atomic mass is 16.5. The predicted molar refractivity (Wildman–Crippen MR) is 74.8 cm³/mol. The molecular formula is C15H24N2O. The van der Waals surface area contributed by atoms with E-state index >= 15 is 0 Å². The van der Waals surface area contributed by atoms with E-state index in [1.165, 1.54) is 11.1 Å². The Morgan fingerprint density at radius 2 is 2.06 bits per heavy atom. The second kappa shape index (κ2) is 6.21. The van der Waals surface area contributed by atoms with Crippen LogP contribution in [0.1, 0.15) is 30.9 Å². The third kappa shape index (κ3) is 3.47. The van der Waals surface area contributed by atoms with Crippen LogP contribution in [0.25, 0.3) is 0 Å². The molecule has 0 saturated carbocycles. The summed E-state index contributed by atoms with van der Waals surface area (Å²) in [6.07, 6.45) is 2.23. The summed E-state index contributed by atoms with van der Waals surface area (Å²) in [4.78, 5) is 2.48. The van der Waals surface area contributed by atoms with Gasteiger partial charge < -0.3 is 10.5 Å². The summed E-state index contributed by atoms with van der Waals surface area (Å²) in [5.74, 6) is 1.02. The van der Waals surface area contributed by atoms with E-state index in [9.17, 15) is 0 Å². The minimum Gasteiger partial charge on any atom is -0.494 e. The summed E-state index contributed by atoms with van der Waals surface area (Å²) < 4.78 is 5.65. The van der Waals surface area contributed by atoms with Gasteiger partial charge in [0, 0.05) is 12.6 Å². The van der Waals surface area contributed by atoms with Crippen molar-refractivity contribution in [2.24, 2.45) is 5.73 Å². The molecule has 0 atom stereocenters. The highest BCUT2D eigenvalue weighted by molar-refractivity contribution is 5.36. The largest absolute Gasteiger partial charge is 0.494 e. The lowest BCUT2D eigenvalue weighted by atomic mass is 10.0. The molecular weight excluding hydrogens is 224 g/mol. The Bertz CT molecular complexity index is 384. The SMILES string of the molecule is CCOc1cc(CN2CCC(N)CC2)ccc1C. The fourth-order valence-corrected chi connectivity index (χ4v) is 2.42. The predicted octanol–water partition coefficient (Wildman–Crippen LogP) is 2.32. The molecule has 2 N–H and O–H groups in total. The van der Waals surface area contributed by atoms with Crippen molar-refractivity contribution in [3.63, 3.8) is 0 Å². The number of hydrogen-bond acceptors (Lipinski definition) is 3. The van der Waals surface area contributed by atoms with Gasteiger partial charge in [-0.15, -0.1) is 0 Å². The smallest absolute Gasteiger partial charge is 0.122 e. The van der Waals surface area contributed by atoms with Crippen LogP contribution in [0, 0.1) is 6.92 Å². The molecule has 0 bridgehead atoms. The van der Waals surface area contributed by atoms with Crippen LogP contribution in [0.5, 0.6) is 5.75 Å². The number of benzene rings is 1. The molecule has 18 heavy (non-hydrogen) atoms. The van der Waals surface area contributed by atoms with E-state index in [4.69, 9.17) is 10.5 Å². The van der Waals surface area contributed by atoms with Crippen molar-refractivity contribution < 1.29 is 4.74 Å². The van der Waals surface area contributed by atoms with E-state index in [2.05, 4.69) is 30.0 Å². The Kier molecular flexibility index (Phi) is 4.61. The molecule has 1 aliphatic heterocycles. The molecule has 3 heteroatoms. The van der Waals surface area contributed by atoms with Gasteiger partial charge in [0.25, 0.3) is 0 Å². The normalized spacial score (nSPS) is 17.9. The van der Waals surface area contributed by atoms with E-state index in [0.29, 0.717) is 6.04 Å². The van der Waals surface area contributed by atoms with Gasteiger partial charge in [-0.1, -0.05) is 12.1 Å². The zero-order valence-corrected chi connectivity index (χ0v) is 11.5. The van der Waals surface area contributed by atoms with Crippen LogP contribution in [0.2, 0.25) is 0 Å². The van der Waals surface area contributed by atoms with Crippen molar-refractivity contribution in [2.75, 3.05) is 19.7 Å². The van der Waals surface area contributed by atoms with Crippen molar-refractivity contribution in [2.45, 2.75) is 39.3 Å². The van der Waals surface area contributed by atoms with E-state index in [0.717, 1.165) is 44.8 Å². The lowest BCUT2D eigenvalue weighted by molar-refractivity contribution is 0.205. The maximum atomic E-state index is 5.93.